The van der Waals surface area contributed by atoms with Crippen LogP contribution in [0.5, 0.6) is 0 Å². The first-order chi connectivity index (χ1) is 33.8. The van der Waals surface area contributed by atoms with E-state index >= 15 is 0 Å². The van der Waals surface area contributed by atoms with E-state index in [-0.39, 0.29) is 47.4 Å². The van der Waals surface area contributed by atoms with Crippen molar-refractivity contribution in [3.8, 4) is 0 Å². The molecule has 71 heavy (non-hydrogen) atoms. The number of Topliss-reactive ketones (excluding diaryl/α,β-unsaturated/α-hetero) is 1. The molecule has 0 bridgehead atoms. The second-order valence-corrected chi connectivity index (χ2v) is 18.9. The molecule has 0 aliphatic carbocycles. The zero-order valence-corrected chi connectivity index (χ0v) is 41.5. The zero-order valence-electron chi connectivity index (χ0n) is 41.5. The molecular formula is C47H67N15O9. The second-order valence-electron chi connectivity index (χ2n) is 18.9. The maximum Gasteiger partial charge on any atom is 0.410 e. The summed E-state index contributed by atoms with van der Waals surface area (Å²) in [5.74, 6) is -0.459. The highest BCUT2D eigenvalue weighted by molar-refractivity contribution is 6.00. The summed E-state index contributed by atoms with van der Waals surface area (Å²) in [5.41, 5.74) is 19.8. The summed E-state index contributed by atoms with van der Waals surface area (Å²) in [4.78, 5) is 85.1. The molecule has 0 saturated carbocycles. The Kier molecular flexibility index (Phi) is 17.9. The summed E-state index contributed by atoms with van der Waals surface area (Å²) in [6, 6.07) is 3.87. The lowest BCUT2D eigenvalue weighted by Gasteiger charge is -2.36. The summed E-state index contributed by atoms with van der Waals surface area (Å²) in [5, 5.41) is 9.04. The lowest BCUT2D eigenvalue weighted by Crippen LogP contribution is -2.50. The Morgan fingerprint density at radius 2 is 1.00 bits per heavy atom. The van der Waals surface area contributed by atoms with Crippen LogP contribution in [0.25, 0.3) is 0 Å². The van der Waals surface area contributed by atoms with Gasteiger partial charge in [-0.2, -0.15) is 0 Å². The summed E-state index contributed by atoms with van der Waals surface area (Å²) < 4.78 is 21.5. The molecule has 0 radical (unpaired) electrons. The number of carboxylic acids is 1. The summed E-state index contributed by atoms with van der Waals surface area (Å²) in [6.07, 6.45) is 9.33. The fourth-order valence-corrected chi connectivity index (χ4v) is 7.75. The van der Waals surface area contributed by atoms with Crippen LogP contribution in [0.1, 0.15) is 68.1 Å². The van der Waals surface area contributed by atoms with Gasteiger partial charge in [0.15, 0.2) is 28.8 Å². The summed E-state index contributed by atoms with van der Waals surface area (Å²) >= 11 is 0. The van der Waals surface area contributed by atoms with Crippen LogP contribution >= 0.6 is 0 Å². The van der Waals surface area contributed by atoms with Crippen LogP contribution in [-0.2, 0) is 25.4 Å². The third-order valence-electron chi connectivity index (χ3n) is 11.3. The number of hydrogen-bond donors (Lipinski definition) is 4. The third-order valence-corrected chi connectivity index (χ3v) is 11.3. The third kappa shape index (κ3) is 15.3. The van der Waals surface area contributed by atoms with Crippen molar-refractivity contribution in [2.24, 2.45) is 0 Å². The highest BCUT2D eigenvalue weighted by atomic mass is 16.6. The van der Waals surface area contributed by atoms with E-state index in [0.29, 0.717) is 77.2 Å². The molecule has 4 aliphatic heterocycles. The fraction of sp³-hybridized carbons (Fsp3) is 0.532. The highest BCUT2D eigenvalue weighted by Crippen LogP contribution is 2.25. The summed E-state index contributed by atoms with van der Waals surface area (Å²) in [6.45, 7) is 21.2. The average Bonchev–Trinajstić information content (AvgIpc) is 3.34. The predicted octanol–water partition coefficient (Wildman–Crippen LogP) is 3.09. The molecule has 4 aromatic rings. The van der Waals surface area contributed by atoms with Crippen LogP contribution in [0.15, 0.2) is 49.3 Å². The Labute approximate surface area is 413 Å². The number of aromatic carboxylic acids is 1. The van der Waals surface area contributed by atoms with Crippen LogP contribution in [0.2, 0.25) is 0 Å². The molecule has 0 unspecified atom stereocenters. The minimum atomic E-state index is -1.22. The number of amides is 2. The van der Waals surface area contributed by atoms with Crippen molar-refractivity contribution in [1.29, 1.82) is 0 Å². The van der Waals surface area contributed by atoms with Gasteiger partial charge in [-0.05, 0) is 53.7 Å². The van der Waals surface area contributed by atoms with Crippen molar-refractivity contribution >= 4 is 64.3 Å². The van der Waals surface area contributed by atoms with E-state index in [1.807, 2.05) is 63.5 Å². The number of rotatable bonds is 8. The van der Waals surface area contributed by atoms with E-state index in [0.717, 1.165) is 62.0 Å². The number of piperazine rings is 2. The molecule has 384 valence electrons. The molecule has 4 fully saturated rings. The van der Waals surface area contributed by atoms with Crippen LogP contribution in [0.4, 0.5) is 49.9 Å². The zero-order chi connectivity index (χ0) is 51.3. The number of ether oxygens (including phenoxy) is 4. The largest absolute Gasteiger partial charge is 0.476 e. The molecule has 8 rings (SSSR count). The summed E-state index contributed by atoms with van der Waals surface area (Å²) in [7, 11) is 0. The lowest BCUT2D eigenvalue weighted by molar-refractivity contribution is 0.0230. The number of pyridine rings is 2. The average molecular weight is 986 g/mol. The van der Waals surface area contributed by atoms with Gasteiger partial charge < -0.3 is 70.7 Å². The Hall–Kier alpha value is -7.34. The van der Waals surface area contributed by atoms with Gasteiger partial charge in [-0.25, -0.2) is 34.3 Å². The molecule has 24 heteroatoms. The molecule has 4 saturated heterocycles. The van der Waals surface area contributed by atoms with Crippen molar-refractivity contribution in [3.05, 3.63) is 66.3 Å². The van der Waals surface area contributed by atoms with Gasteiger partial charge in [-0.15, -0.1) is 0 Å². The van der Waals surface area contributed by atoms with Gasteiger partial charge in [0.2, 0.25) is 0 Å². The standard InChI is InChI=1S/C24H33N7O4.C14H21N5O4.C9H13N3O/c1-24(2,3)35-23(33)31-8-6-30(7-9-31)20-16-27-22(25)21(28-20)19(32)14-17-15-26-5-4-18(17)29-10-12-34-13-11-29;1-14(2,3)23-13(22)19-6-4-18(5-7-19)9-8-16-11(15)10(17-9)12(20)21;10-8-7-11-2-1-9(8)12-3-5-13-6-4-12/h4-5,15-16H,6-14H2,1-3H3,(H2,25,27);8H,4-7H2,1-3H3,(H2,15,16)(H,20,21);1-2,7H,3-6,10H2. The normalized spacial score (nSPS) is 16.5. The molecule has 8 heterocycles. The van der Waals surface area contributed by atoms with E-state index in [4.69, 9.17) is 41.3 Å². The molecule has 24 nitrogen and oxygen atoms in total. The van der Waals surface area contributed by atoms with Crippen molar-refractivity contribution in [2.45, 2.75) is 59.2 Å². The lowest BCUT2D eigenvalue weighted by atomic mass is 10.1. The Bertz CT molecular complexity index is 2440. The van der Waals surface area contributed by atoms with Crippen molar-refractivity contribution in [2.75, 3.05) is 142 Å². The van der Waals surface area contributed by atoms with E-state index in [2.05, 4.69) is 39.7 Å². The van der Waals surface area contributed by atoms with Crippen LogP contribution < -0.4 is 36.8 Å². The van der Waals surface area contributed by atoms with Gasteiger partial charge in [0.1, 0.15) is 22.8 Å². The molecule has 0 aromatic carbocycles. The molecule has 4 aromatic heterocycles. The van der Waals surface area contributed by atoms with E-state index in [1.54, 1.807) is 40.8 Å². The molecule has 0 spiro atoms. The van der Waals surface area contributed by atoms with E-state index in [9.17, 15) is 19.2 Å². The first kappa shape index (κ1) is 53.0. The number of nitrogens with two attached hydrogens (primary N) is 3. The Balaban J connectivity index is 0.000000195. The van der Waals surface area contributed by atoms with Crippen molar-refractivity contribution in [3.63, 3.8) is 0 Å². The first-order valence-corrected chi connectivity index (χ1v) is 23.5. The van der Waals surface area contributed by atoms with Crippen LogP contribution in [0, 0.1) is 0 Å². The number of aromatic nitrogens is 6. The van der Waals surface area contributed by atoms with Crippen molar-refractivity contribution in [1.82, 2.24) is 39.7 Å². The Morgan fingerprint density at radius 1 is 0.577 bits per heavy atom. The topological polar surface area (TPSA) is 300 Å². The predicted molar refractivity (Wildman–Crippen MR) is 267 cm³/mol. The first-order valence-electron chi connectivity index (χ1n) is 23.5. The number of anilines is 7. The van der Waals surface area contributed by atoms with Gasteiger partial charge >= 0.3 is 18.2 Å². The maximum absolute atomic E-state index is 13.2. The number of ketones is 1. The Morgan fingerprint density at radius 3 is 1.45 bits per heavy atom. The van der Waals surface area contributed by atoms with Gasteiger partial charge in [0, 0.05) is 115 Å². The van der Waals surface area contributed by atoms with Crippen molar-refractivity contribution < 1.29 is 43.2 Å². The minimum absolute atomic E-state index is 0.1000. The SMILES string of the molecule is CC(C)(C)OC(=O)N1CCN(c2cnc(N)c(C(=O)Cc3cnccc3N3CCOCC3)n2)CC1.CC(C)(C)OC(=O)N1CCN(c2cnc(N)c(C(=O)O)n2)CC1.Nc1cnccc1N1CCOCC1. The number of hydrogen-bond acceptors (Lipinski definition) is 21. The van der Waals surface area contributed by atoms with Crippen LogP contribution in [-0.4, -0.2) is 185 Å². The number of nitrogen functional groups attached to an aromatic ring is 3. The van der Waals surface area contributed by atoms with Gasteiger partial charge in [0.25, 0.3) is 0 Å². The van der Waals surface area contributed by atoms with Crippen LogP contribution in [0.3, 0.4) is 0 Å². The van der Waals surface area contributed by atoms with Gasteiger partial charge in [-0.1, -0.05) is 0 Å². The smallest absolute Gasteiger partial charge is 0.410 e. The molecule has 0 atom stereocenters. The molecule has 7 N–H and O–H groups in total. The maximum atomic E-state index is 13.2. The number of morpholine rings is 2. The second kappa shape index (κ2) is 24.0. The molecule has 4 aliphatic rings. The number of carbonyl (C=O) groups is 4. The molecule has 2 amide bonds. The highest BCUT2D eigenvalue weighted by Gasteiger charge is 2.29. The minimum Gasteiger partial charge on any atom is -0.476 e. The number of carbonyl (C=O) groups excluding carboxylic acids is 3. The fourth-order valence-electron chi connectivity index (χ4n) is 7.75. The van der Waals surface area contributed by atoms with E-state index < -0.39 is 17.2 Å². The number of nitrogens with zero attached hydrogens (tertiary/aromatic N) is 12. The molecular weight excluding hydrogens is 919 g/mol. The van der Waals surface area contributed by atoms with Gasteiger partial charge in [0.05, 0.1) is 56.4 Å². The van der Waals surface area contributed by atoms with Gasteiger partial charge in [-0.3, -0.25) is 14.8 Å². The quantitative estimate of drug-likeness (QED) is 0.184. The number of carboxylic acid groups (broad SMARTS) is 1. The van der Waals surface area contributed by atoms with E-state index in [1.165, 1.54) is 6.20 Å². The monoisotopic (exact) mass is 986 g/mol.